The van der Waals surface area contributed by atoms with Gasteiger partial charge in [-0.1, -0.05) is 48.5 Å². The molecule has 26 heavy (non-hydrogen) atoms. The third-order valence-electron chi connectivity index (χ3n) is 3.89. The van der Waals surface area contributed by atoms with Crippen LogP contribution in [0.2, 0.25) is 0 Å². The van der Waals surface area contributed by atoms with Crippen LogP contribution >= 0.6 is 0 Å². The Morgan fingerprint density at radius 3 is 2.54 bits per heavy atom. The van der Waals surface area contributed by atoms with E-state index in [2.05, 4.69) is 31.0 Å². The van der Waals surface area contributed by atoms with Crippen molar-refractivity contribution in [1.82, 2.24) is 35.7 Å². The van der Waals surface area contributed by atoms with Gasteiger partial charge in [-0.2, -0.15) is 9.78 Å². The number of carbonyl (C=O) groups excluding carboxylic acids is 1. The molecule has 0 saturated carbocycles. The first kappa shape index (κ1) is 15.7. The van der Waals surface area contributed by atoms with E-state index in [0.717, 1.165) is 11.3 Å². The minimum atomic E-state index is -0.250. The molecule has 0 aliphatic carbocycles. The molecule has 4 rings (SSSR count). The van der Waals surface area contributed by atoms with Gasteiger partial charge in [-0.3, -0.25) is 9.89 Å². The van der Waals surface area contributed by atoms with E-state index in [1.54, 1.807) is 4.68 Å². The first-order valence-electron chi connectivity index (χ1n) is 8.02. The number of tetrazole rings is 1. The zero-order valence-corrected chi connectivity index (χ0v) is 13.7. The smallest absolute Gasteiger partial charge is 0.255 e. The minimum Gasteiger partial charge on any atom is -0.345 e. The molecule has 0 bridgehead atoms. The van der Waals surface area contributed by atoms with Crippen molar-refractivity contribution < 1.29 is 4.79 Å². The number of rotatable bonds is 5. The average molecular weight is 345 g/mol. The van der Waals surface area contributed by atoms with Crippen molar-refractivity contribution in [3.05, 3.63) is 78.2 Å². The first-order valence-corrected chi connectivity index (χ1v) is 8.02. The van der Waals surface area contributed by atoms with Gasteiger partial charge in [-0.25, -0.2) is 0 Å². The van der Waals surface area contributed by atoms with Crippen molar-refractivity contribution in [2.45, 2.75) is 6.54 Å². The highest BCUT2D eigenvalue weighted by molar-refractivity contribution is 5.99. The van der Waals surface area contributed by atoms with Crippen molar-refractivity contribution in [2.24, 2.45) is 0 Å². The lowest BCUT2D eigenvalue weighted by molar-refractivity contribution is 0.0950. The number of nitrogens with one attached hydrogen (secondary N) is 2. The molecule has 0 unspecified atom stereocenters. The Kier molecular flexibility index (Phi) is 4.21. The van der Waals surface area contributed by atoms with Crippen LogP contribution in [0.15, 0.2) is 66.9 Å². The molecular formula is C18H15N7O. The highest BCUT2D eigenvalue weighted by Gasteiger charge is 2.16. The summed E-state index contributed by atoms with van der Waals surface area (Å²) in [5.41, 5.74) is 2.86. The summed E-state index contributed by atoms with van der Waals surface area (Å²) in [5.74, 6) is 0.287. The molecule has 0 aliphatic heterocycles. The lowest BCUT2D eigenvalue weighted by atomic mass is 10.1. The van der Waals surface area contributed by atoms with Crippen molar-refractivity contribution >= 4 is 5.91 Å². The Bertz CT molecular complexity index is 1010. The average Bonchev–Trinajstić information content (AvgIpc) is 3.37. The van der Waals surface area contributed by atoms with E-state index in [1.807, 2.05) is 60.7 Å². The lowest BCUT2D eigenvalue weighted by Gasteiger charge is -2.07. The Morgan fingerprint density at radius 1 is 1.04 bits per heavy atom. The summed E-state index contributed by atoms with van der Waals surface area (Å²) < 4.78 is 1.59. The van der Waals surface area contributed by atoms with E-state index in [0.29, 0.717) is 17.1 Å². The monoisotopic (exact) mass is 345 g/mol. The molecule has 0 aliphatic rings. The van der Waals surface area contributed by atoms with Crippen molar-refractivity contribution in [3.8, 4) is 16.9 Å². The van der Waals surface area contributed by atoms with Crippen molar-refractivity contribution in [3.63, 3.8) is 0 Å². The maximum atomic E-state index is 12.6. The number of hydrogen-bond donors (Lipinski definition) is 2. The quantitative estimate of drug-likeness (QED) is 0.576. The number of nitrogens with zero attached hydrogens (tertiary/aromatic N) is 5. The standard InChI is InChI=1S/C18H15N7O/c26-18(15-11-20-22-17(15)13-7-3-1-4-8-13)19-12-16-21-23-24-25(16)14-9-5-2-6-10-14/h1-11H,12H2,(H,19,26)(H,20,22). The molecule has 0 radical (unpaired) electrons. The fourth-order valence-corrected chi connectivity index (χ4v) is 2.62. The molecule has 2 aromatic heterocycles. The summed E-state index contributed by atoms with van der Waals surface area (Å²) >= 11 is 0. The molecule has 8 nitrogen and oxygen atoms in total. The summed E-state index contributed by atoms with van der Waals surface area (Å²) in [6.07, 6.45) is 1.51. The number of benzene rings is 2. The zero-order valence-electron chi connectivity index (χ0n) is 13.7. The second-order valence-electron chi connectivity index (χ2n) is 5.55. The van der Waals surface area contributed by atoms with Crippen molar-refractivity contribution in [2.75, 3.05) is 0 Å². The highest BCUT2D eigenvalue weighted by atomic mass is 16.1. The largest absolute Gasteiger partial charge is 0.345 e. The van der Waals surface area contributed by atoms with Gasteiger partial charge in [0.25, 0.3) is 5.91 Å². The minimum absolute atomic E-state index is 0.195. The predicted octanol–water partition coefficient (Wildman–Crippen LogP) is 1.98. The first-order chi connectivity index (χ1) is 12.8. The van der Waals surface area contributed by atoms with Crippen molar-refractivity contribution in [1.29, 1.82) is 0 Å². The van der Waals surface area contributed by atoms with Crippen LogP contribution in [0, 0.1) is 0 Å². The van der Waals surface area contributed by atoms with Crippen LogP contribution < -0.4 is 5.32 Å². The molecule has 0 fully saturated rings. The molecule has 128 valence electrons. The Labute approximate surface area is 148 Å². The Morgan fingerprint density at radius 2 is 1.77 bits per heavy atom. The summed E-state index contributed by atoms with van der Waals surface area (Å²) in [6, 6.07) is 19.1. The van der Waals surface area contributed by atoms with Gasteiger partial charge >= 0.3 is 0 Å². The third kappa shape index (κ3) is 3.07. The van der Waals surface area contributed by atoms with Gasteiger partial charge in [0, 0.05) is 5.56 Å². The van der Waals surface area contributed by atoms with Crippen LogP contribution in [0.1, 0.15) is 16.2 Å². The highest BCUT2D eigenvalue weighted by Crippen LogP contribution is 2.20. The Balaban J connectivity index is 1.52. The van der Waals surface area contributed by atoms with Crippen LogP contribution in [0.25, 0.3) is 16.9 Å². The van der Waals surface area contributed by atoms with E-state index in [1.165, 1.54) is 6.20 Å². The van der Waals surface area contributed by atoms with Crippen LogP contribution in [0.3, 0.4) is 0 Å². The van der Waals surface area contributed by atoms with E-state index in [9.17, 15) is 4.79 Å². The second kappa shape index (κ2) is 6.98. The van der Waals surface area contributed by atoms with E-state index in [4.69, 9.17) is 0 Å². The van der Waals surface area contributed by atoms with Crippen LogP contribution in [-0.4, -0.2) is 36.3 Å². The van der Waals surface area contributed by atoms with Gasteiger partial charge in [0.2, 0.25) is 0 Å². The van der Waals surface area contributed by atoms with Gasteiger partial charge in [0.1, 0.15) is 0 Å². The molecule has 4 aromatic rings. The third-order valence-corrected chi connectivity index (χ3v) is 3.89. The fourth-order valence-electron chi connectivity index (χ4n) is 2.62. The molecule has 8 heteroatoms. The van der Waals surface area contributed by atoms with E-state index < -0.39 is 0 Å². The number of aromatic amines is 1. The summed E-state index contributed by atoms with van der Waals surface area (Å²) in [4.78, 5) is 12.6. The number of H-pyrrole nitrogens is 1. The lowest BCUT2D eigenvalue weighted by Crippen LogP contribution is -2.25. The van der Waals surface area contributed by atoms with E-state index in [-0.39, 0.29) is 12.5 Å². The molecule has 2 N–H and O–H groups in total. The fraction of sp³-hybridized carbons (Fsp3) is 0.0556. The topological polar surface area (TPSA) is 101 Å². The molecule has 0 saturated heterocycles. The second-order valence-corrected chi connectivity index (χ2v) is 5.55. The summed E-state index contributed by atoms with van der Waals surface area (Å²) in [5, 5.41) is 21.4. The van der Waals surface area contributed by atoms with Gasteiger partial charge < -0.3 is 5.32 Å². The normalized spacial score (nSPS) is 10.6. The zero-order chi connectivity index (χ0) is 17.8. The maximum absolute atomic E-state index is 12.6. The van der Waals surface area contributed by atoms with Gasteiger partial charge in [0.05, 0.1) is 29.7 Å². The number of carbonyl (C=O) groups is 1. The molecule has 2 heterocycles. The predicted molar refractivity (Wildman–Crippen MR) is 94.3 cm³/mol. The number of aromatic nitrogens is 6. The number of hydrogen-bond acceptors (Lipinski definition) is 5. The summed E-state index contributed by atoms with van der Waals surface area (Å²) in [7, 11) is 0. The van der Waals surface area contributed by atoms with E-state index >= 15 is 0 Å². The van der Waals surface area contributed by atoms with Gasteiger partial charge in [-0.05, 0) is 22.6 Å². The summed E-state index contributed by atoms with van der Waals surface area (Å²) in [6.45, 7) is 0.195. The number of amides is 1. The Hall–Kier alpha value is -3.81. The molecule has 2 aromatic carbocycles. The molecular weight excluding hydrogens is 330 g/mol. The molecule has 1 amide bonds. The van der Waals surface area contributed by atoms with Crippen LogP contribution in [0.5, 0.6) is 0 Å². The SMILES string of the molecule is O=C(NCc1nnnn1-c1ccccc1)c1cn[nH]c1-c1ccccc1. The van der Waals surface area contributed by atoms with Gasteiger partial charge in [0.15, 0.2) is 5.82 Å². The van der Waals surface area contributed by atoms with Crippen LogP contribution in [-0.2, 0) is 6.54 Å². The molecule has 0 atom stereocenters. The number of para-hydroxylation sites is 1. The maximum Gasteiger partial charge on any atom is 0.255 e. The van der Waals surface area contributed by atoms with Crippen LogP contribution in [0.4, 0.5) is 0 Å². The van der Waals surface area contributed by atoms with Gasteiger partial charge in [-0.15, -0.1) is 5.10 Å². The molecule has 0 spiro atoms.